The molecule has 0 aliphatic carbocycles. The molecule has 0 bridgehead atoms. The maximum absolute atomic E-state index is 6.53. The fourth-order valence-electron chi connectivity index (χ4n) is 2.41. The highest BCUT2D eigenvalue weighted by Gasteiger charge is 2.16. The molecule has 0 saturated carbocycles. The van der Waals surface area contributed by atoms with Gasteiger partial charge >= 0.3 is 0 Å². The highest BCUT2D eigenvalue weighted by atomic mass is 35.5. The molecular weight excluding hydrogens is 258 g/mol. The second-order valence-corrected chi connectivity index (χ2v) is 5.49. The van der Waals surface area contributed by atoms with E-state index < -0.39 is 0 Å². The number of benzene rings is 1. The summed E-state index contributed by atoms with van der Waals surface area (Å²) in [6.45, 7) is 3.50. The molecule has 98 valence electrons. The molecular formula is C16H16ClNO. The molecule has 1 atom stereocenters. The normalized spacial score (nSPS) is 15.3. The van der Waals surface area contributed by atoms with Crippen LogP contribution in [0.3, 0.4) is 0 Å². The van der Waals surface area contributed by atoms with Crippen LogP contribution in [0.5, 0.6) is 0 Å². The average Bonchev–Trinajstić information content (AvgIpc) is 2.88. The van der Waals surface area contributed by atoms with E-state index >= 15 is 0 Å². The molecule has 0 N–H and O–H groups in total. The van der Waals surface area contributed by atoms with Crippen molar-refractivity contribution in [1.29, 1.82) is 0 Å². The number of rotatable bonds is 3. The van der Waals surface area contributed by atoms with Gasteiger partial charge in [0.1, 0.15) is 0 Å². The number of alkyl halides is 1. The minimum Gasteiger partial charge on any atom is -0.372 e. The highest BCUT2D eigenvalue weighted by molar-refractivity contribution is 6.20. The molecule has 1 aromatic heterocycles. The van der Waals surface area contributed by atoms with Gasteiger partial charge in [-0.15, -0.1) is 11.6 Å². The minimum atomic E-state index is -0.0421. The third-order valence-electron chi connectivity index (χ3n) is 3.60. The lowest BCUT2D eigenvalue weighted by Crippen LogP contribution is -2.01. The van der Waals surface area contributed by atoms with E-state index in [1.54, 1.807) is 0 Å². The number of ether oxygens (including phenoxy) is 1. The van der Waals surface area contributed by atoms with Crippen LogP contribution in [0.25, 0.3) is 0 Å². The molecule has 3 heteroatoms. The van der Waals surface area contributed by atoms with Crippen LogP contribution >= 0.6 is 11.6 Å². The summed E-state index contributed by atoms with van der Waals surface area (Å²) in [5, 5.41) is -0.0421. The molecule has 19 heavy (non-hydrogen) atoms. The van der Waals surface area contributed by atoms with Gasteiger partial charge < -0.3 is 4.74 Å². The molecule has 0 radical (unpaired) electrons. The Balaban J connectivity index is 1.81. The summed E-state index contributed by atoms with van der Waals surface area (Å²) in [4.78, 5) is 4.41. The van der Waals surface area contributed by atoms with Crippen molar-refractivity contribution in [2.24, 2.45) is 0 Å². The number of nitrogens with zero attached hydrogens (tertiary/aromatic N) is 1. The molecule has 2 nitrogen and oxygen atoms in total. The number of aryl methyl sites for hydroxylation is 1. The van der Waals surface area contributed by atoms with E-state index in [0.717, 1.165) is 24.3 Å². The molecule has 0 saturated heterocycles. The molecule has 2 aromatic rings. The molecule has 1 aromatic carbocycles. The van der Waals surface area contributed by atoms with Crippen molar-refractivity contribution < 1.29 is 4.74 Å². The van der Waals surface area contributed by atoms with Crippen LogP contribution in [0, 0.1) is 6.92 Å². The third-order valence-corrected chi connectivity index (χ3v) is 4.00. The van der Waals surface area contributed by atoms with E-state index in [1.807, 2.05) is 12.3 Å². The highest BCUT2D eigenvalue weighted by Crippen LogP contribution is 2.29. The first kappa shape index (κ1) is 12.6. The zero-order valence-electron chi connectivity index (χ0n) is 10.9. The maximum atomic E-state index is 6.53. The van der Waals surface area contributed by atoms with E-state index in [4.69, 9.17) is 16.3 Å². The Hall–Kier alpha value is -1.38. The van der Waals surface area contributed by atoms with Crippen LogP contribution in [0.2, 0.25) is 0 Å². The van der Waals surface area contributed by atoms with Gasteiger partial charge in [0.05, 0.1) is 18.6 Å². The molecule has 3 rings (SSSR count). The van der Waals surface area contributed by atoms with Crippen LogP contribution in [-0.2, 0) is 24.4 Å². The summed E-state index contributed by atoms with van der Waals surface area (Å²) < 4.78 is 5.43. The Kier molecular flexibility index (Phi) is 3.54. The van der Waals surface area contributed by atoms with Crippen LogP contribution in [0.15, 0.2) is 36.5 Å². The molecule has 1 aliphatic rings. The Morgan fingerprint density at radius 1 is 1.26 bits per heavy atom. The van der Waals surface area contributed by atoms with Gasteiger partial charge in [0.2, 0.25) is 0 Å². The SMILES string of the molecule is Cc1cccnc1CC(Cl)c1ccc2c(c1)COC2. The first-order valence-corrected chi connectivity index (χ1v) is 6.91. The zero-order chi connectivity index (χ0) is 13.2. The lowest BCUT2D eigenvalue weighted by atomic mass is 10.0. The van der Waals surface area contributed by atoms with Crippen molar-refractivity contribution in [3.8, 4) is 0 Å². The van der Waals surface area contributed by atoms with Gasteiger partial charge in [-0.25, -0.2) is 0 Å². The number of halogens is 1. The van der Waals surface area contributed by atoms with Crippen LogP contribution < -0.4 is 0 Å². The van der Waals surface area contributed by atoms with Crippen molar-refractivity contribution >= 4 is 11.6 Å². The Morgan fingerprint density at radius 3 is 2.95 bits per heavy atom. The molecule has 0 fully saturated rings. The third kappa shape index (κ3) is 2.65. The largest absolute Gasteiger partial charge is 0.372 e. The Morgan fingerprint density at radius 2 is 2.11 bits per heavy atom. The van der Waals surface area contributed by atoms with Crippen LogP contribution in [0.4, 0.5) is 0 Å². The van der Waals surface area contributed by atoms with Gasteiger partial charge in [0, 0.05) is 18.3 Å². The summed E-state index contributed by atoms with van der Waals surface area (Å²) in [6.07, 6.45) is 2.58. The molecule has 1 unspecified atom stereocenters. The zero-order valence-corrected chi connectivity index (χ0v) is 11.7. The van der Waals surface area contributed by atoms with Gasteiger partial charge in [0.25, 0.3) is 0 Å². The number of aromatic nitrogens is 1. The number of hydrogen-bond acceptors (Lipinski definition) is 2. The predicted octanol–water partition coefficient (Wildman–Crippen LogP) is 3.94. The lowest BCUT2D eigenvalue weighted by molar-refractivity contribution is 0.134. The first-order valence-electron chi connectivity index (χ1n) is 6.48. The van der Waals surface area contributed by atoms with E-state index in [-0.39, 0.29) is 5.38 Å². The van der Waals surface area contributed by atoms with Gasteiger partial charge in [-0.3, -0.25) is 4.98 Å². The molecule has 2 heterocycles. The number of hydrogen-bond donors (Lipinski definition) is 0. The average molecular weight is 274 g/mol. The van der Waals surface area contributed by atoms with Crippen molar-refractivity contribution in [1.82, 2.24) is 4.98 Å². The summed E-state index contributed by atoms with van der Waals surface area (Å²) in [6, 6.07) is 10.4. The van der Waals surface area contributed by atoms with Crippen molar-refractivity contribution in [2.45, 2.75) is 31.9 Å². The second-order valence-electron chi connectivity index (χ2n) is 4.96. The predicted molar refractivity (Wildman–Crippen MR) is 76.2 cm³/mol. The molecule has 0 amide bonds. The summed E-state index contributed by atoms with van der Waals surface area (Å²) in [5.41, 5.74) is 5.95. The van der Waals surface area contributed by atoms with Gasteiger partial charge in [0.15, 0.2) is 0 Å². The summed E-state index contributed by atoms with van der Waals surface area (Å²) in [7, 11) is 0. The van der Waals surface area contributed by atoms with Crippen molar-refractivity contribution in [2.75, 3.05) is 0 Å². The topological polar surface area (TPSA) is 22.1 Å². The number of pyridine rings is 1. The van der Waals surface area contributed by atoms with Gasteiger partial charge in [-0.05, 0) is 35.2 Å². The van der Waals surface area contributed by atoms with Crippen molar-refractivity contribution in [3.05, 3.63) is 64.5 Å². The fourth-order valence-corrected chi connectivity index (χ4v) is 2.69. The van der Waals surface area contributed by atoms with Crippen LogP contribution in [0.1, 0.15) is 33.3 Å². The summed E-state index contributed by atoms with van der Waals surface area (Å²) in [5.74, 6) is 0. The van der Waals surface area contributed by atoms with Gasteiger partial charge in [-0.2, -0.15) is 0 Å². The fraction of sp³-hybridized carbons (Fsp3) is 0.312. The van der Waals surface area contributed by atoms with Crippen molar-refractivity contribution in [3.63, 3.8) is 0 Å². The van der Waals surface area contributed by atoms with E-state index in [9.17, 15) is 0 Å². The van der Waals surface area contributed by atoms with E-state index in [0.29, 0.717) is 6.61 Å². The second kappa shape index (κ2) is 5.32. The smallest absolute Gasteiger partial charge is 0.0725 e. The molecule has 0 spiro atoms. The van der Waals surface area contributed by atoms with Gasteiger partial charge in [-0.1, -0.05) is 24.3 Å². The Labute approximate surface area is 118 Å². The maximum Gasteiger partial charge on any atom is 0.0725 e. The monoisotopic (exact) mass is 273 g/mol. The van der Waals surface area contributed by atoms with E-state index in [2.05, 4.69) is 36.2 Å². The Bertz CT molecular complexity index is 597. The molecule has 1 aliphatic heterocycles. The lowest BCUT2D eigenvalue weighted by Gasteiger charge is -2.12. The van der Waals surface area contributed by atoms with Crippen LogP contribution in [-0.4, -0.2) is 4.98 Å². The number of fused-ring (bicyclic) bond motifs is 1. The summed E-state index contributed by atoms with van der Waals surface area (Å²) >= 11 is 6.53. The van der Waals surface area contributed by atoms with E-state index in [1.165, 1.54) is 16.7 Å². The quantitative estimate of drug-likeness (QED) is 0.790. The first-order chi connectivity index (χ1) is 9.24. The minimum absolute atomic E-state index is 0.0421. The standard InChI is InChI=1S/C16H16ClNO/c1-11-3-2-6-18-16(11)8-15(17)12-4-5-13-9-19-10-14(13)7-12/h2-7,15H,8-10H2,1H3.